The van der Waals surface area contributed by atoms with Gasteiger partial charge in [-0.15, -0.1) is 0 Å². The first-order chi connectivity index (χ1) is 8.79. The summed E-state index contributed by atoms with van der Waals surface area (Å²) >= 11 is 0. The molecule has 0 aliphatic heterocycles. The topological polar surface area (TPSA) is 29.1 Å². The molecule has 0 unspecified atom stereocenters. The number of halogens is 3. The van der Waals surface area contributed by atoms with Crippen LogP contribution in [0, 0.1) is 5.92 Å². The number of carbonyl (C=O) groups excluding carboxylic acids is 1. The van der Waals surface area contributed by atoms with E-state index in [1.165, 1.54) is 12.1 Å². The average Bonchev–Trinajstić information content (AvgIpc) is 2.33. The lowest BCUT2D eigenvalue weighted by molar-refractivity contribution is -0.137. The summed E-state index contributed by atoms with van der Waals surface area (Å²) in [4.78, 5) is 11.5. The Balaban J connectivity index is 2.44. The van der Waals surface area contributed by atoms with Gasteiger partial charge in [-0.2, -0.15) is 13.2 Å². The SMILES string of the molecule is CC(C)CNC(=O)CCc1ccc(C(F)(F)F)cc1. The Morgan fingerprint density at radius 2 is 1.79 bits per heavy atom. The molecule has 1 aromatic rings. The van der Waals surface area contributed by atoms with E-state index >= 15 is 0 Å². The number of amides is 1. The van der Waals surface area contributed by atoms with Gasteiger partial charge in [-0.05, 0) is 30.0 Å². The fourth-order valence-electron chi connectivity index (χ4n) is 1.52. The number of hydrogen-bond acceptors (Lipinski definition) is 1. The van der Waals surface area contributed by atoms with Gasteiger partial charge >= 0.3 is 6.18 Å². The van der Waals surface area contributed by atoms with E-state index in [9.17, 15) is 18.0 Å². The molecule has 0 aliphatic rings. The molecule has 0 bridgehead atoms. The summed E-state index contributed by atoms with van der Waals surface area (Å²) in [5, 5.41) is 2.77. The molecule has 2 nitrogen and oxygen atoms in total. The molecule has 0 atom stereocenters. The highest BCUT2D eigenvalue weighted by Crippen LogP contribution is 2.29. The molecule has 0 saturated heterocycles. The van der Waals surface area contributed by atoms with E-state index in [1.54, 1.807) is 0 Å². The smallest absolute Gasteiger partial charge is 0.356 e. The molecule has 0 radical (unpaired) electrons. The molecule has 0 aromatic heterocycles. The van der Waals surface area contributed by atoms with Crippen molar-refractivity contribution < 1.29 is 18.0 Å². The third kappa shape index (κ3) is 5.77. The minimum Gasteiger partial charge on any atom is -0.356 e. The lowest BCUT2D eigenvalue weighted by Gasteiger charge is -2.09. The van der Waals surface area contributed by atoms with Gasteiger partial charge in [-0.3, -0.25) is 4.79 Å². The van der Waals surface area contributed by atoms with Crippen molar-refractivity contribution in [2.24, 2.45) is 5.92 Å². The van der Waals surface area contributed by atoms with Gasteiger partial charge in [-0.1, -0.05) is 26.0 Å². The lowest BCUT2D eigenvalue weighted by Crippen LogP contribution is -2.27. The van der Waals surface area contributed by atoms with Crippen LogP contribution in [-0.4, -0.2) is 12.5 Å². The number of nitrogens with one attached hydrogen (secondary N) is 1. The van der Waals surface area contributed by atoms with Gasteiger partial charge in [-0.25, -0.2) is 0 Å². The van der Waals surface area contributed by atoms with E-state index in [4.69, 9.17) is 0 Å². The van der Waals surface area contributed by atoms with Gasteiger partial charge in [0.05, 0.1) is 5.56 Å². The number of hydrogen-bond donors (Lipinski definition) is 1. The first kappa shape index (κ1) is 15.5. The summed E-state index contributed by atoms with van der Waals surface area (Å²) in [7, 11) is 0. The maximum atomic E-state index is 12.3. The Hall–Kier alpha value is -1.52. The minimum atomic E-state index is -4.31. The Morgan fingerprint density at radius 3 is 2.26 bits per heavy atom. The van der Waals surface area contributed by atoms with Gasteiger partial charge in [0.15, 0.2) is 0 Å². The van der Waals surface area contributed by atoms with E-state index < -0.39 is 11.7 Å². The van der Waals surface area contributed by atoms with Crippen LogP contribution in [-0.2, 0) is 17.4 Å². The maximum absolute atomic E-state index is 12.3. The van der Waals surface area contributed by atoms with Crippen molar-refractivity contribution >= 4 is 5.91 Å². The summed E-state index contributed by atoms with van der Waals surface area (Å²) in [6.07, 6.45) is -3.58. The number of rotatable bonds is 5. The highest BCUT2D eigenvalue weighted by molar-refractivity contribution is 5.76. The molecule has 106 valence electrons. The zero-order valence-corrected chi connectivity index (χ0v) is 11.1. The largest absolute Gasteiger partial charge is 0.416 e. The summed E-state index contributed by atoms with van der Waals surface area (Å²) in [5.74, 6) is 0.309. The second-order valence-electron chi connectivity index (χ2n) is 4.89. The van der Waals surface area contributed by atoms with Gasteiger partial charge in [0.25, 0.3) is 0 Å². The van der Waals surface area contributed by atoms with Crippen LogP contribution in [0.25, 0.3) is 0 Å². The van der Waals surface area contributed by atoms with Crippen molar-refractivity contribution in [1.29, 1.82) is 0 Å². The van der Waals surface area contributed by atoms with Crippen molar-refractivity contribution in [1.82, 2.24) is 5.32 Å². The first-order valence-electron chi connectivity index (χ1n) is 6.22. The van der Waals surface area contributed by atoms with Gasteiger partial charge in [0.1, 0.15) is 0 Å². The fraction of sp³-hybridized carbons (Fsp3) is 0.500. The quantitative estimate of drug-likeness (QED) is 0.875. The predicted octanol–water partition coefficient (Wildman–Crippen LogP) is 3.41. The number of carbonyl (C=O) groups is 1. The Kier molecular flexibility index (Phi) is 5.39. The van der Waals surface area contributed by atoms with Crippen LogP contribution in [0.3, 0.4) is 0 Å². The third-order valence-electron chi connectivity index (χ3n) is 2.63. The fourth-order valence-corrected chi connectivity index (χ4v) is 1.52. The number of benzene rings is 1. The van der Waals surface area contributed by atoms with E-state index in [1.807, 2.05) is 13.8 Å². The molecule has 1 rings (SSSR count). The van der Waals surface area contributed by atoms with Crippen molar-refractivity contribution in [2.45, 2.75) is 32.9 Å². The molecule has 1 N–H and O–H groups in total. The number of aryl methyl sites for hydroxylation is 1. The first-order valence-corrected chi connectivity index (χ1v) is 6.22. The van der Waals surface area contributed by atoms with Crippen LogP contribution < -0.4 is 5.32 Å². The molecule has 5 heteroatoms. The van der Waals surface area contributed by atoms with Crippen LogP contribution in [0.5, 0.6) is 0 Å². The highest BCUT2D eigenvalue weighted by Gasteiger charge is 2.29. The monoisotopic (exact) mass is 273 g/mol. The normalized spacial score (nSPS) is 11.7. The molecule has 0 fully saturated rings. The third-order valence-corrected chi connectivity index (χ3v) is 2.63. The van der Waals surface area contributed by atoms with Crippen LogP contribution in [0.4, 0.5) is 13.2 Å². The van der Waals surface area contributed by atoms with E-state index in [0.29, 0.717) is 18.9 Å². The van der Waals surface area contributed by atoms with Gasteiger partial charge in [0, 0.05) is 13.0 Å². The molecule has 0 saturated carbocycles. The van der Waals surface area contributed by atoms with Crippen LogP contribution in [0.1, 0.15) is 31.4 Å². The summed E-state index contributed by atoms with van der Waals surface area (Å²) in [6, 6.07) is 4.92. The zero-order valence-electron chi connectivity index (χ0n) is 11.1. The molecule has 0 heterocycles. The van der Waals surface area contributed by atoms with E-state index in [0.717, 1.165) is 17.7 Å². The summed E-state index contributed by atoms with van der Waals surface area (Å²) in [6.45, 7) is 4.61. The van der Waals surface area contributed by atoms with Gasteiger partial charge in [0.2, 0.25) is 5.91 Å². The van der Waals surface area contributed by atoms with Gasteiger partial charge < -0.3 is 5.32 Å². The van der Waals surface area contributed by atoms with Crippen molar-refractivity contribution in [2.75, 3.05) is 6.54 Å². The summed E-state index contributed by atoms with van der Waals surface area (Å²) < 4.78 is 37.0. The van der Waals surface area contributed by atoms with Crippen molar-refractivity contribution in [3.05, 3.63) is 35.4 Å². The molecule has 0 aliphatic carbocycles. The Morgan fingerprint density at radius 1 is 1.21 bits per heavy atom. The van der Waals surface area contributed by atoms with E-state index in [2.05, 4.69) is 5.32 Å². The van der Waals surface area contributed by atoms with Crippen molar-refractivity contribution in [3.63, 3.8) is 0 Å². The molecule has 1 aromatic carbocycles. The maximum Gasteiger partial charge on any atom is 0.416 e. The molecular formula is C14H18F3NO. The van der Waals surface area contributed by atoms with Crippen LogP contribution in [0.15, 0.2) is 24.3 Å². The second-order valence-corrected chi connectivity index (χ2v) is 4.89. The molecular weight excluding hydrogens is 255 g/mol. The minimum absolute atomic E-state index is 0.0754. The van der Waals surface area contributed by atoms with E-state index in [-0.39, 0.29) is 12.3 Å². The number of alkyl halides is 3. The van der Waals surface area contributed by atoms with Crippen LogP contribution in [0.2, 0.25) is 0 Å². The Bertz CT molecular complexity index is 410. The summed E-state index contributed by atoms with van der Waals surface area (Å²) in [5.41, 5.74) is 0.0632. The van der Waals surface area contributed by atoms with Crippen molar-refractivity contribution in [3.8, 4) is 0 Å². The highest BCUT2D eigenvalue weighted by atomic mass is 19.4. The molecule has 19 heavy (non-hydrogen) atoms. The average molecular weight is 273 g/mol. The molecule has 1 amide bonds. The standard InChI is InChI=1S/C14H18F3NO/c1-10(2)9-18-13(19)8-5-11-3-6-12(7-4-11)14(15,16)17/h3-4,6-7,10H,5,8-9H2,1-2H3,(H,18,19). The van der Waals surface area contributed by atoms with Crippen LogP contribution >= 0.6 is 0 Å². The predicted molar refractivity (Wildman–Crippen MR) is 67.6 cm³/mol. The Labute approximate surface area is 111 Å². The molecule has 0 spiro atoms. The lowest BCUT2D eigenvalue weighted by atomic mass is 10.1. The second kappa shape index (κ2) is 6.59. The zero-order chi connectivity index (χ0) is 14.5.